The Hall–Kier alpha value is -3.36. The number of anilines is 1. The maximum Gasteiger partial charge on any atom is 0.416 e. The molecule has 0 aliphatic rings. The maximum absolute atomic E-state index is 13.0. The van der Waals surface area contributed by atoms with Crippen LogP contribution in [-0.2, 0) is 12.7 Å². The summed E-state index contributed by atoms with van der Waals surface area (Å²) in [6.45, 7) is 6.23. The third-order valence-corrected chi connectivity index (χ3v) is 5.33. The van der Waals surface area contributed by atoms with E-state index in [4.69, 9.17) is 4.98 Å². The predicted octanol–water partition coefficient (Wildman–Crippen LogP) is 5.44. The molecule has 1 unspecified atom stereocenters. The summed E-state index contributed by atoms with van der Waals surface area (Å²) >= 11 is 0. The van der Waals surface area contributed by atoms with E-state index in [0.717, 1.165) is 12.1 Å². The van der Waals surface area contributed by atoms with Crippen molar-refractivity contribution in [2.45, 2.75) is 46.0 Å². The fourth-order valence-electron chi connectivity index (χ4n) is 3.73. The van der Waals surface area contributed by atoms with Gasteiger partial charge in [0.2, 0.25) is 0 Å². The van der Waals surface area contributed by atoms with E-state index < -0.39 is 23.8 Å². The standard InChI is InChI=1S/C23H25F3N4O2/c1-4-19(20-28-18-10-8-7-9-17(18)21(31)30(20)6-3)29(5-2)22(32)27-16-13-11-15(12-14-16)23(24,25)26/h7-14,19H,4-6H2,1-3H3,(H,27,32). The number of halogens is 3. The van der Waals surface area contributed by atoms with Gasteiger partial charge in [-0.25, -0.2) is 9.78 Å². The van der Waals surface area contributed by atoms with Crippen LogP contribution in [0.2, 0.25) is 0 Å². The summed E-state index contributed by atoms with van der Waals surface area (Å²) in [6.07, 6.45) is -3.95. The highest BCUT2D eigenvalue weighted by Crippen LogP contribution is 2.30. The summed E-state index contributed by atoms with van der Waals surface area (Å²) in [5, 5.41) is 3.15. The fraction of sp³-hybridized carbons (Fsp3) is 0.348. The Labute approximate surface area is 183 Å². The molecule has 1 atom stereocenters. The predicted molar refractivity (Wildman–Crippen MR) is 118 cm³/mol. The second-order valence-corrected chi connectivity index (χ2v) is 7.25. The van der Waals surface area contributed by atoms with Crippen LogP contribution >= 0.6 is 0 Å². The number of fused-ring (bicyclic) bond motifs is 1. The van der Waals surface area contributed by atoms with Gasteiger partial charge in [0.05, 0.1) is 22.5 Å². The van der Waals surface area contributed by atoms with Crippen molar-refractivity contribution in [2.24, 2.45) is 0 Å². The zero-order valence-corrected chi connectivity index (χ0v) is 18.1. The van der Waals surface area contributed by atoms with Crippen LogP contribution in [0.1, 0.15) is 44.6 Å². The lowest BCUT2D eigenvalue weighted by molar-refractivity contribution is -0.137. The summed E-state index contributed by atoms with van der Waals surface area (Å²) in [5.74, 6) is 0.475. The molecule has 0 fully saturated rings. The molecule has 32 heavy (non-hydrogen) atoms. The van der Waals surface area contributed by atoms with Crippen molar-refractivity contribution in [3.8, 4) is 0 Å². The van der Waals surface area contributed by atoms with Crippen LogP contribution in [0.3, 0.4) is 0 Å². The molecular formula is C23H25F3N4O2. The van der Waals surface area contributed by atoms with Crippen molar-refractivity contribution >= 4 is 22.6 Å². The molecule has 0 aliphatic carbocycles. The van der Waals surface area contributed by atoms with Crippen LogP contribution in [0.4, 0.5) is 23.7 Å². The van der Waals surface area contributed by atoms with Gasteiger partial charge in [-0.05, 0) is 56.7 Å². The van der Waals surface area contributed by atoms with Gasteiger partial charge < -0.3 is 10.2 Å². The number of alkyl halides is 3. The van der Waals surface area contributed by atoms with E-state index in [1.165, 1.54) is 17.0 Å². The van der Waals surface area contributed by atoms with Crippen LogP contribution in [0.5, 0.6) is 0 Å². The molecule has 2 amide bonds. The van der Waals surface area contributed by atoms with Crippen LogP contribution < -0.4 is 10.9 Å². The molecule has 0 bridgehead atoms. The highest BCUT2D eigenvalue weighted by molar-refractivity contribution is 5.89. The van der Waals surface area contributed by atoms with Crippen molar-refractivity contribution in [2.75, 3.05) is 11.9 Å². The van der Waals surface area contributed by atoms with Gasteiger partial charge >= 0.3 is 12.2 Å². The van der Waals surface area contributed by atoms with Crippen molar-refractivity contribution in [1.29, 1.82) is 0 Å². The number of carbonyl (C=O) groups is 1. The molecule has 9 heteroatoms. The first-order chi connectivity index (χ1) is 15.2. The lowest BCUT2D eigenvalue weighted by atomic mass is 10.1. The lowest BCUT2D eigenvalue weighted by Crippen LogP contribution is -2.40. The molecule has 6 nitrogen and oxygen atoms in total. The number of nitrogens with one attached hydrogen (secondary N) is 1. The van der Waals surface area contributed by atoms with Gasteiger partial charge in [0, 0.05) is 18.8 Å². The Balaban J connectivity index is 1.95. The number of hydrogen-bond acceptors (Lipinski definition) is 3. The van der Waals surface area contributed by atoms with E-state index in [0.29, 0.717) is 36.2 Å². The minimum atomic E-state index is -4.45. The van der Waals surface area contributed by atoms with Crippen molar-refractivity contribution in [1.82, 2.24) is 14.5 Å². The zero-order valence-electron chi connectivity index (χ0n) is 18.1. The minimum Gasteiger partial charge on any atom is -0.315 e. The Morgan fingerprint density at radius 3 is 2.31 bits per heavy atom. The van der Waals surface area contributed by atoms with E-state index in [9.17, 15) is 22.8 Å². The number of aromatic nitrogens is 2. The summed E-state index contributed by atoms with van der Waals surface area (Å²) in [5.41, 5.74) is -0.169. The summed E-state index contributed by atoms with van der Waals surface area (Å²) in [7, 11) is 0. The van der Waals surface area contributed by atoms with Crippen LogP contribution in [0, 0.1) is 0 Å². The Bertz CT molecular complexity index is 1160. The minimum absolute atomic E-state index is 0.175. The molecular weight excluding hydrogens is 421 g/mol. The molecule has 0 aliphatic heterocycles. The highest BCUT2D eigenvalue weighted by atomic mass is 19.4. The number of hydrogen-bond donors (Lipinski definition) is 1. The zero-order chi connectivity index (χ0) is 23.5. The van der Waals surface area contributed by atoms with Gasteiger partial charge in [-0.15, -0.1) is 0 Å². The van der Waals surface area contributed by atoms with Gasteiger partial charge in [-0.1, -0.05) is 19.1 Å². The number of para-hydroxylation sites is 1. The average molecular weight is 446 g/mol. The number of urea groups is 1. The lowest BCUT2D eigenvalue weighted by Gasteiger charge is -2.31. The van der Waals surface area contributed by atoms with Gasteiger partial charge in [0.1, 0.15) is 5.82 Å². The molecule has 1 N–H and O–H groups in total. The third kappa shape index (κ3) is 4.61. The quantitative estimate of drug-likeness (QED) is 0.548. The molecule has 1 aromatic heterocycles. The molecule has 3 aromatic rings. The van der Waals surface area contributed by atoms with Crippen LogP contribution in [0.15, 0.2) is 53.3 Å². The summed E-state index contributed by atoms with van der Waals surface area (Å²) in [6, 6.07) is 10.3. The summed E-state index contributed by atoms with van der Waals surface area (Å²) in [4.78, 5) is 32.2. The van der Waals surface area contributed by atoms with E-state index in [1.54, 1.807) is 35.8 Å². The van der Waals surface area contributed by atoms with E-state index in [-0.39, 0.29) is 11.2 Å². The second kappa shape index (κ2) is 9.42. The Kier molecular flexibility index (Phi) is 6.86. The Morgan fingerprint density at radius 2 is 1.75 bits per heavy atom. The molecule has 3 rings (SSSR count). The first-order valence-electron chi connectivity index (χ1n) is 10.5. The molecule has 0 saturated carbocycles. The van der Waals surface area contributed by atoms with Crippen molar-refractivity contribution < 1.29 is 18.0 Å². The van der Waals surface area contributed by atoms with Gasteiger partial charge in [0.25, 0.3) is 5.56 Å². The third-order valence-electron chi connectivity index (χ3n) is 5.33. The molecule has 0 spiro atoms. The largest absolute Gasteiger partial charge is 0.416 e. The van der Waals surface area contributed by atoms with Crippen molar-refractivity contribution in [3.05, 3.63) is 70.3 Å². The average Bonchev–Trinajstić information content (AvgIpc) is 2.77. The maximum atomic E-state index is 13.0. The number of rotatable bonds is 6. The molecule has 0 saturated heterocycles. The molecule has 2 aromatic carbocycles. The van der Waals surface area contributed by atoms with Gasteiger partial charge in [-0.2, -0.15) is 13.2 Å². The number of carbonyl (C=O) groups excluding carboxylic acids is 1. The molecule has 170 valence electrons. The normalized spacial score (nSPS) is 12.6. The van der Waals surface area contributed by atoms with Gasteiger partial charge in [0.15, 0.2) is 0 Å². The topological polar surface area (TPSA) is 67.2 Å². The number of benzene rings is 2. The number of amides is 2. The van der Waals surface area contributed by atoms with Crippen LogP contribution in [-0.4, -0.2) is 27.0 Å². The first-order valence-corrected chi connectivity index (χ1v) is 10.5. The van der Waals surface area contributed by atoms with E-state index in [1.807, 2.05) is 13.8 Å². The number of nitrogens with zero attached hydrogens (tertiary/aromatic N) is 3. The first kappa shape index (κ1) is 23.3. The Morgan fingerprint density at radius 1 is 1.09 bits per heavy atom. The molecule has 1 heterocycles. The van der Waals surface area contributed by atoms with Crippen LogP contribution in [0.25, 0.3) is 10.9 Å². The van der Waals surface area contributed by atoms with Gasteiger partial charge in [-0.3, -0.25) is 9.36 Å². The summed E-state index contributed by atoms with van der Waals surface area (Å²) < 4.78 is 39.9. The van der Waals surface area contributed by atoms with E-state index >= 15 is 0 Å². The van der Waals surface area contributed by atoms with E-state index in [2.05, 4.69) is 5.32 Å². The smallest absolute Gasteiger partial charge is 0.315 e. The van der Waals surface area contributed by atoms with Crippen molar-refractivity contribution in [3.63, 3.8) is 0 Å². The second-order valence-electron chi connectivity index (χ2n) is 7.25. The SMILES string of the molecule is CCC(c1nc2ccccc2c(=O)n1CC)N(CC)C(=O)Nc1ccc(C(F)(F)F)cc1. The monoisotopic (exact) mass is 446 g/mol. The molecule has 0 radical (unpaired) electrons. The highest BCUT2D eigenvalue weighted by Gasteiger charge is 2.30. The fourth-order valence-corrected chi connectivity index (χ4v) is 3.73.